The van der Waals surface area contributed by atoms with E-state index in [1.165, 1.54) is 7.11 Å². The second-order valence-electron chi connectivity index (χ2n) is 4.60. The summed E-state index contributed by atoms with van der Waals surface area (Å²) < 4.78 is 10.3. The number of benzene rings is 1. The van der Waals surface area contributed by atoms with Crippen molar-refractivity contribution >= 4 is 5.97 Å². The zero-order valence-corrected chi connectivity index (χ0v) is 12.4. The number of esters is 1. The summed E-state index contributed by atoms with van der Waals surface area (Å²) in [4.78, 5) is 14.5. The Bertz CT molecular complexity index is 495. The van der Waals surface area contributed by atoms with Crippen LogP contribution in [0, 0.1) is 0 Å². The summed E-state index contributed by atoms with van der Waals surface area (Å²) in [5.74, 6) is 0.347. The summed E-state index contributed by atoms with van der Waals surface area (Å²) in [6, 6.07) is 6.62. The number of nitrogens with zero attached hydrogens (tertiary/aromatic N) is 3. The number of rotatable bonds is 8. The molecule has 1 aromatic rings. The van der Waals surface area contributed by atoms with Gasteiger partial charge in [-0.1, -0.05) is 17.2 Å². The van der Waals surface area contributed by atoms with Crippen LogP contribution in [0.1, 0.15) is 25.5 Å². The van der Waals surface area contributed by atoms with Crippen molar-refractivity contribution in [3.8, 4) is 5.75 Å². The van der Waals surface area contributed by atoms with Gasteiger partial charge in [-0.05, 0) is 37.1 Å². The van der Waals surface area contributed by atoms with E-state index in [1.807, 2.05) is 13.8 Å². The van der Waals surface area contributed by atoms with E-state index in [1.54, 1.807) is 24.3 Å². The molecule has 7 nitrogen and oxygen atoms in total. The predicted molar refractivity (Wildman–Crippen MR) is 79.0 cm³/mol. The lowest BCUT2D eigenvalue weighted by atomic mass is 10.1. The Hall–Kier alpha value is -2.24. The lowest BCUT2D eigenvalue weighted by molar-refractivity contribution is -0.143. The number of hydrogen-bond donors (Lipinski definition) is 1. The number of nitrogens with one attached hydrogen (secondary N) is 1. The van der Waals surface area contributed by atoms with E-state index < -0.39 is 12.0 Å². The van der Waals surface area contributed by atoms with Gasteiger partial charge in [-0.25, -0.2) is 4.79 Å². The molecule has 7 heteroatoms. The first-order chi connectivity index (χ1) is 10.1. The molecule has 0 saturated heterocycles. The Balaban J connectivity index is 2.77. The van der Waals surface area contributed by atoms with Crippen LogP contribution in [0.5, 0.6) is 5.75 Å². The molecular formula is C14H20N4O3. The summed E-state index contributed by atoms with van der Waals surface area (Å²) in [7, 11) is 1.33. The van der Waals surface area contributed by atoms with Crippen LogP contribution in [0.15, 0.2) is 29.4 Å². The second kappa shape index (κ2) is 8.84. The molecule has 1 rings (SSSR count). The minimum Gasteiger partial charge on any atom is -0.491 e. The lowest BCUT2D eigenvalue weighted by Crippen LogP contribution is -2.31. The van der Waals surface area contributed by atoms with E-state index in [2.05, 4.69) is 15.3 Å². The van der Waals surface area contributed by atoms with Gasteiger partial charge in [0.15, 0.2) is 0 Å². The molecule has 0 spiro atoms. The molecule has 1 atom stereocenters. The minimum atomic E-state index is -0.600. The van der Waals surface area contributed by atoms with Crippen LogP contribution in [0.2, 0.25) is 0 Å². The molecule has 0 radical (unpaired) electrons. The van der Waals surface area contributed by atoms with Gasteiger partial charge in [-0.3, -0.25) is 0 Å². The SMILES string of the molecule is COC(=O)C(NCCN=[N+]=[N-])c1ccc(OC(C)C)cc1. The molecule has 0 heterocycles. The highest BCUT2D eigenvalue weighted by Crippen LogP contribution is 2.19. The molecule has 114 valence electrons. The molecule has 0 saturated carbocycles. The van der Waals surface area contributed by atoms with Gasteiger partial charge in [-0.15, -0.1) is 0 Å². The zero-order chi connectivity index (χ0) is 15.7. The van der Waals surface area contributed by atoms with E-state index in [0.717, 1.165) is 11.3 Å². The van der Waals surface area contributed by atoms with Gasteiger partial charge < -0.3 is 14.8 Å². The van der Waals surface area contributed by atoms with E-state index in [9.17, 15) is 4.79 Å². The van der Waals surface area contributed by atoms with Gasteiger partial charge in [0, 0.05) is 18.0 Å². The molecule has 1 N–H and O–H groups in total. The Morgan fingerprint density at radius 1 is 1.38 bits per heavy atom. The molecule has 0 bridgehead atoms. The third-order valence-corrected chi connectivity index (χ3v) is 2.65. The maximum absolute atomic E-state index is 11.8. The standard InChI is InChI=1S/C14H20N4O3/c1-10(2)21-12-6-4-11(5-7-12)13(14(19)20-3)16-8-9-17-18-15/h4-7,10,13,16H,8-9H2,1-3H3. The smallest absolute Gasteiger partial charge is 0.327 e. The van der Waals surface area contributed by atoms with Gasteiger partial charge in [-0.2, -0.15) is 0 Å². The van der Waals surface area contributed by atoms with Crippen LogP contribution in [0.3, 0.4) is 0 Å². The average Bonchev–Trinajstić information content (AvgIpc) is 2.47. The highest BCUT2D eigenvalue weighted by molar-refractivity contribution is 5.77. The van der Waals surface area contributed by atoms with Crippen molar-refractivity contribution in [2.24, 2.45) is 5.11 Å². The summed E-state index contributed by atoms with van der Waals surface area (Å²) in [5.41, 5.74) is 8.99. The zero-order valence-electron chi connectivity index (χ0n) is 12.4. The highest BCUT2D eigenvalue weighted by atomic mass is 16.5. The number of carbonyl (C=O) groups is 1. The number of hydrogen-bond acceptors (Lipinski definition) is 5. The van der Waals surface area contributed by atoms with Gasteiger partial charge in [0.25, 0.3) is 0 Å². The van der Waals surface area contributed by atoms with Crippen LogP contribution in [-0.2, 0) is 9.53 Å². The molecule has 0 aliphatic heterocycles. The number of methoxy groups -OCH3 is 1. The normalized spacial score (nSPS) is 11.6. The first kappa shape index (κ1) is 16.8. The molecule has 0 fully saturated rings. The van der Waals surface area contributed by atoms with E-state index in [0.29, 0.717) is 6.54 Å². The van der Waals surface area contributed by atoms with Gasteiger partial charge in [0.2, 0.25) is 0 Å². The fourth-order valence-corrected chi connectivity index (χ4v) is 1.77. The molecule has 0 amide bonds. The Morgan fingerprint density at radius 3 is 2.57 bits per heavy atom. The molecule has 1 unspecified atom stereocenters. The maximum Gasteiger partial charge on any atom is 0.327 e. The van der Waals surface area contributed by atoms with E-state index in [4.69, 9.17) is 15.0 Å². The van der Waals surface area contributed by atoms with Crippen molar-refractivity contribution in [2.45, 2.75) is 26.0 Å². The van der Waals surface area contributed by atoms with Crippen LogP contribution >= 0.6 is 0 Å². The lowest BCUT2D eigenvalue weighted by Gasteiger charge is -2.17. The largest absolute Gasteiger partial charge is 0.491 e. The van der Waals surface area contributed by atoms with E-state index >= 15 is 0 Å². The van der Waals surface area contributed by atoms with Crippen molar-refractivity contribution < 1.29 is 14.3 Å². The third kappa shape index (κ3) is 5.72. The third-order valence-electron chi connectivity index (χ3n) is 2.65. The molecular weight excluding hydrogens is 272 g/mol. The first-order valence-electron chi connectivity index (χ1n) is 6.67. The molecule has 0 aromatic heterocycles. The number of azide groups is 1. The van der Waals surface area contributed by atoms with E-state index in [-0.39, 0.29) is 12.6 Å². The van der Waals surface area contributed by atoms with Crippen molar-refractivity contribution in [3.05, 3.63) is 40.3 Å². The quantitative estimate of drug-likeness (QED) is 0.262. The Labute approximate surface area is 123 Å². The van der Waals surface area contributed by atoms with Crippen LogP contribution in [0.4, 0.5) is 0 Å². The van der Waals surface area contributed by atoms with Crippen LogP contribution in [0.25, 0.3) is 10.4 Å². The van der Waals surface area contributed by atoms with Gasteiger partial charge >= 0.3 is 5.97 Å². The first-order valence-corrected chi connectivity index (χ1v) is 6.67. The number of ether oxygens (including phenoxy) is 2. The second-order valence-corrected chi connectivity index (χ2v) is 4.60. The summed E-state index contributed by atoms with van der Waals surface area (Å²) in [5, 5.41) is 6.42. The summed E-state index contributed by atoms with van der Waals surface area (Å²) in [6.07, 6.45) is 0.0919. The van der Waals surface area contributed by atoms with Crippen molar-refractivity contribution in [1.82, 2.24) is 5.32 Å². The Kier molecular flexibility index (Phi) is 7.08. The summed E-state index contributed by atoms with van der Waals surface area (Å²) >= 11 is 0. The molecule has 0 aliphatic rings. The number of carbonyl (C=O) groups excluding carboxylic acids is 1. The monoisotopic (exact) mass is 292 g/mol. The fraction of sp³-hybridized carbons (Fsp3) is 0.500. The van der Waals surface area contributed by atoms with Gasteiger partial charge in [0.05, 0.1) is 13.2 Å². The highest BCUT2D eigenvalue weighted by Gasteiger charge is 2.20. The maximum atomic E-state index is 11.8. The fourth-order valence-electron chi connectivity index (χ4n) is 1.77. The average molecular weight is 292 g/mol. The minimum absolute atomic E-state index is 0.0919. The van der Waals surface area contributed by atoms with Gasteiger partial charge in [0.1, 0.15) is 11.8 Å². The van der Waals surface area contributed by atoms with Crippen molar-refractivity contribution in [3.63, 3.8) is 0 Å². The Morgan fingerprint density at radius 2 is 2.05 bits per heavy atom. The van der Waals surface area contributed by atoms with Crippen LogP contribution in [-0.4, -0.2) is 32.3 Å². The predicted octanol–water partition coefficient (Wildman–Crippen LogP) is 2.59. The molecule has 0 aliphatic carbocycles. The summed E-state index contributed by atoms with van der Waals surface area (Å²) in [6.45, 7) is 4.54. The van der Waals surface area contributed by atoms with Crippen LogP contribution < -0.4 is 10.1 Å². The molecule has 21 heavy (non-hydrogen) atoms. The van der Waals surface area contributed by atoms with Crippen molar-refractivity contribution in [2.75, 3.05) is 20.2 Å². The van der Waals surface area contributed by atoms with Crippen molar-refractivity contribution in [1.29, 1.82) is 0 Å². The topological polar surface area (TPSA) is 96.3 Å². The molecule has 1 aromatic carbocycles.